The molecule has 0 aliphatic heterocycles. The van der Waals surface area contributed by atoms with Gasteiger partial charge in [-0.3, -0.25) is 5.10 Å². The number of benzene rings is 1. The summed E-state index contributed by atoms with van der Waals surface area (Å²) in [4.78, 5) is 2.18. The largest absolute Gasteiger partial charge is 0.382 e. The zero-order valence-electron chi connectivity index (χ0n) is 10.5. The first-order valence-corrected chi connectivity index (χ1v) is 5.64. The summed E-state index contributed by atoms with van der Waals surface area (Å²) in [7, 11) is 2.06. The highest BCUT2D eigenvalue weighted by Crippen LogP contribution is 2.21. The van der Waals surface area contributed by atoms with E-state index in [9.17, 15) is 0 Å². The number of aromatic nitrogens is 2. The van der Waals surface area contributed by atoms with E-state index in [2.05, 4.69) is 54.2 Å². The van der Waals surface area contributed by atoms with Gasteiger partial charge in [-0.15, -0.1) is 0 Å². The summed E-state index contributed by atoms with van der Waals surface area (Å²) in [6.07, 6.45) is 0. The minimum absolute atomic E-state index is 0.536. The van der Waals surface area contributed by atoms with E-state index >= 15 is 0 Å². The fraction of sp³-hybridized carbons (Fsp3) is 0.308. The zero-order valence-corrected chi connectivity index (χ0v) is 10.5. The van der Waals surface area contributed by atoms with Gasteiger partial charge in [0.2, 0.25) is 0 Å². The molecule has 1 heterocycles. The number of nitrogens with one attached hydrogen (secondary N) is 1. The third-order valence-corrected chi connectivity index (χ3v) is 2.82. The molecule has 0 spiro atoms. The Kier molecular flexibility index (Phi) is 3.04. The van der Waals surface area contributed by atoms with Crippen LogP contribution in [0.15, 0.2) is 24.3 Å². The van der Waals surface area contributed by atoms with Crippen molar-refractivity contribution in [3.05, 3.63) is 41.1 Å². The van der Waals surface area contributed by atoms with Crippen molar-refractivity contribution in [3.63, 3.8) is 0 Å². The van der Waals surface area contributed by atoms with Gasteiger partial charge in [0.25, 0.3) is 0 Å². The van der Waals surface area contributed by atoms with E-state index in [-0.39, 0.29) is 0 Å². The van der Waals surface area contributed by atoms with Crippen LogP contribution in [0, 0.1) is 13.8 Å². The number of aryl methyl sites for hydroxylation is 2. The summed E-state index contributed by atoms with van der Waals surface area (Å²) in [5.41, 5.74) is 10.4. The Morgan fingerprint density at radius 3 is 2.65 bits per heavy atom. The average molecular weight is 230 g/mol. The van der Waals surface area contributed by atoms with Gasteiger partial charge < -0.3 is 10.6 Å². The van der Waals surface area contributed by atoms with Crippen molar-refractivity contribution < 1.29 is 0 Å². The predicted molar refractivity (Wildman–Crippen MR) is 71.0 cm³/mol. The number of nitrogens with two attached hydrogens (primary N) is 1. The van der Waals surface area contributed by atoms with Crippen LogP contribution in [0.2, 0.25) is 0 Å². The van der Waals surface area contributed by atoms with Gasteiger partial charge in [0, 0.05) is 18.8 Å². The van der Waals surface area contributed by atoms with E-state index in [1.54, 1.807) is 0 Å². The number of anilines is 2. The third-order valence-electron chi connectivity index (χ3n) is 2.82. The number of rotatable bonds is 3. The second-order valence-corrected chi connectivity index (χ2v) is 4.46. The molecule has 4 nitrogen and oxygen atoms in total. The maximum absolute atomic E-state index is 5.58. The van der Waals surface area contributed by atoms with Crippen molar-refractivity contribution >= 4 is 11.5 Å². The van der Waals surface area contributed by atoms with E-state index in [0.29, 0.717) is 5.82 Å². The molecule has 0 radical (unpaired) electrons. The van der Waals surface area contributed by atoms with E-state index < -0.39 is 0 Å². The Balaban J connectivity index is 2.17. The molecular formula is C13H18N4. The molecule has 0 saturated carbocycles. The Hall–Kier alpha value is -1.97. The molecule has 4 heteroatoms. The topological polar surface area (TPSA) is 57.9 Å². The molecular weight excluding hydrogens is 212 g/mol. The Morgan fingerprint density at radius 1 is 1.29 bits per heavy atom. The molecule has 0 aliphatic rings. The second-order valence-electron chi connectivity index (χ2n) is 4.46. The number of hydrogen-bond acceptors (Lipinski definition) is 3. The molecule has 2 rings (SSSR count). The van der Waals surface area contributed by atoms with Crippen LogP contribution < -0.4 is 10.6 Å². The molecule has 3 N–H and O–H groups in total. The molecule has 0 bridgehead atoms. The van der Waals surface area contributed by atoms with Gasteiger partial charge in [0.1, 0.15) is 5.82 Å². The van der Waals surface area contributed by atoms with E-state index in [1.807, 2.05) is 6.07 Å². The van der Waals surface area contributed by atoms with Gasteiger partial charge in [-0.25, -0.2) is 0 Å². The number of aromatic amines is 1. The third kappa shape index (κ3) is 2.58. The van der Waals surface area contributed by atoms with Crippen molar-refractivity contribution in [2.45, 2.75) is 20.4 Å². The first-order chi connectivity index (χ1) is 8.06. The lowest BCUT2D eigenvalue weighted by molar-refractivity contribution is 0.866. The summed E-state index contributed by atoms with van der Waals surface area (Å²) < 4.78 is 0. The second kappa shape index (κ2) is 4.49. The number of hydrogen-bond donors (Lipinski definition) is 2. The summed E-state index contributed by atoms with van der Waals surface area (Å²) in [5.74, 6) is 0.536. The SMILES string of the molecule is Cc1ccc(N(C)Cc2cc(N)n[nH]2)c(C)c1. The van der Waals surface area contributed by atoms with Crippen molar-refractivity contribution in [1.29, 1.82) is 0 Å². The molecule has 2 aromatic rings. The summed E-state index contributed by atoms with van der Waals surface area (Å²) in [5, 5.41) is 6.85. The van der Waals surface area contributed by atoms with Crippen molar-refractivity contribution in [2.75, 3.05) is 17.7 Å². The molecule has 17 heavy (non-hydrogen) atoms. The fourth-order valence-electron chi connectivity index (χ4n) is 2.03. The summed E-state index contributed by atoms with van der Waals surface area (Å²) in [6.45, 7) is 5.00. The first-order valence-electron chi connectivity index (χ1n) is 5.64. The van der Waals surface area contributed by atoms with Crippen molar-refractivity contribution in [3.8, 4) is 0 Å². The van der Waals surface area contributed by atoms with Crippen LogP contribution in [0.5, 0.6) is 0 Å². The van der Waals surface area contributed by atoms with Crippen LogP contribution in [-0.4, -0.2) is 17.2 Å². The standard InChI is InChI=1S/C13H18N4/c1-9-4-5-12(10(2)6-9)17(3)8-11-7-13(14)16-15-11/h4-7H,8H2,1-3H3,(H3,14,15,16). The lowest BCUT2D eigenvalue weighted by Crippen LogP contribution is -2.17. The molecule has 0 amide bonds. The minimum atomic E-state index is 0.536. The predicted octanol–water partition coefficient (Wildman–Crippen LogP) is 2.25. The van der Waals surface area contributed by atoms with Gasteiger partial charge in [-0.2, -0.15) is 5.10 Å². The molecule has 0 aliphatic carbocycles. The highest BCUT2D eigenvalue weighted by atomic mass is 15.2. The Morgan fingerprint density at radius 2 is 2.06 bits per heavy atom. The quantitative estimate of drug-likeness (QED) is 0.850. The Labute approximate surface area is 101 Å². The fourth-order valence-corrected chi connectivity index (χ4v) is 2.03. The lowest BCUT2D eigenvalue weighted by Gasteiger charge is -2.20. The van der Waals surface area contributed by atoms with Crippen LogP contribution in [-0.2, 0) is 6.54 Å². The van der Waals surface area contributed by atoms with Crippen LogP contribution in [0.25, 0.3) is 0 Å². The maximum atomic E-state index is 5.58. The normalized spacial score (nSPS) is 10.5. The number of H-pyrrole nitrogens is 1. The maximum Gasteiger partial charge on any atom is 0.145 e. The average Bonchev–Trinajstić information content (AvgIpc) is 2.63. The highest BCUT2D eigenvalue weighted by molar-refractivity contribution is 5.54. The molecule has 0 unspecified atom stereocenters. The molecule has 1 aromatic carbocycles. The van der Waals surface area contributed by atoms with E-state index in [0.717, 1.165) is 12.2 Å². The molecule has 1 aromatic heterocycles. The summed E-state index contributed by atoms with van der Waals surface area (Å²) >= 11 is 0. The minimum Gasteiger partial charge on any atom is -0.382 e. The highest BCUT2D eigenvalue weighted by Gasteiger charge is 2.07. The first kappa shape index (κ1) is 11.5. The van der Waals surface area contributed by atoms with E-state index in [4.69, 9.17) is 5.73 Å². The summed E-state index contributed by atoms with van der Waals surface area (Å²) in [6, 6.07) is 8.32. The monoisotopic (exact) mass is 230 g/mol. The number of nitrogens with zero attached hydrogens (tertiary/aromatic N) is 2. The van der Waals surface area contributed by atoms with Gasteiger partial charge in [0.15, 0.2) is 0 Å². The molecule has 0 fully saturated rings. The van der Waals surface area contributed by atoms with Crippen LogP contribution in [0.3, 0.4) is 0 Å². The van der Waals surface area contributed by atoms with Gasteiger partial charge in [-0.05, 0) is 25.5 Å². The molecule has 90 valence electrons. The van der Waals surface area contributed by atoms with Crippen molar-refractivity contribution in [1.82, 2.24) is 10.2 Å². The van der Waals surface area contributed by atoms with E-state index in [1.165, 1.54) is 16.8 Å². The van der Waals surface area contributed by atoms with Gasteiger partial charge >= 0.3 is 0 Å². The van der Waals surface area contributed by atoms with Crippen LogP contribution >= 0.6 is 0 Å². The van der Waals surface area contributed by atoms with Crippen LogP contribution in [0.4, 0.5) is 11.5 Å². The Bertz CT molecular complexity index is 516. The van der Waals surface area contributed by atoms with Gasteiger partial charge in [-0.1, -0.05) is 17.7 Å². The molecule has 0 atom stereocenters. The molecule has 0 saturated heterocycles. The lowest BCUT2D eigenvalue weighted by atomic mass is 10.1. The number of nitrogen functional groups attached to an aromatic ring is 1. The van der Waals surface area contributed by atoms with Crippen LogP contribution in [0.1, 0.15) is 16.8 Å². The van der Waals surface area contributed by atoms with Crippen molar-refractivity contribution in [2.24, 2.45) is 0 Å². The smallest absolute Gasteiger partial charge is 0.145 e. The zero-order chi connectivity index (χ0) is 12.4. The van der Waals surface area contributed by atoms with Gasteiger partial charge in [0.05, 0.1) is 12.2 Å².